The molecule has 0 saturated carbocycles. The zero-order valence-electron chi connectivity index (χ0n) is 8.83. The summed E-state index contributed by atoms with van der Waals surface area (Å²) in [6.45, 7) is 2.26. The molecule has 2 unspecified atom stereocenters. The van der Waals surface area contributed by atoms with Crippen LogP contribution in [0.15, 0.2) is 0 Å². The molecule has 0 radical (unpaired) electrons. The third-order valence-electron chi connectivity index (χ3n) is 2.58. The second-order valence-corrected chi connectivity index (χ2v) is 4.47. The van der Waals surface area contributed by atoms with Crippen LogP contribution in [0, 0.1) is 0 Å². The number of rotatable bonds is 3. The SMILES string of the molecule is CCc1nsc(N2CC(O)CC2C(=O)O)n1. The lowest BCUT2D eigenvalue weighted by molar-refractivity contribution is -0.138. The third-order valence-corrected chi connectivity index (χ3v) is 3.37. The molecule has 0 aromatic carbocycles. The highest BCUT2D eigenvalue weighted by molar-refractivity contribution is 7.09. The molecule has 1 fully saturated rings. The van der Waals surface area contributed by atoms with Crippen molar-refractivity contribution in [3.63, 3.8) is 0 Å². The van der Waals surface area contributed by atoms with E-state index in [2.05, 4.69) is 9.36 Å². The molecule has 1 aliphatic rings. The second-order valence-electron chi connectivity index (χ2n) is 3.74. The smallest absolute Gasteiger partial charge is 0.326 e. The average Bonchev–Trinajstić information content (AvgIpc) is 2.82. The minimum atomic E-state index is -0.926. The molecule has 7 heteroatoms. The number of β-amino-alcohol motifs (C(OH)–C–C–N with tert-alkyl or cyclic N) is 1. The van der Waals surface area contributed by atoms with Crippen molar-refractivity contribution in [1.29, 1.82) is 0 Å². The van der Waals surface area contributed by atoms with Crippen LogP contribution < -0.4 is 4.90 Å². The number of nitrogens with zero attached hydrogens (tertiary/aromatic N) is 3. The Morgan fingerprint density at radius 3 is 3.00 bits per heavy atom. The van der Waals surface area contributed by atoms with Crippen molar-refractivity contribution >= 4 is 22.6 Å². The lowest BCUT2D eigenvalue weighted by Gasteiger charge is -2.18. The number of aliphatic hydroxyl groups is 1. The zero-order valence-corrected chi connectivity index (χ0v) is 9.65. The molecule has 2 rings (SSSR count). The maximum absolute atomic E-state index is 11.0. The van der Waals surface area contributed by atoms with E-state index in [0.29, 0.717) is 17.5 Å². The number of carbonyl (C=O) groups is 1. The number of aromatic nitrogens is 2. The number of anilines is 1. The van der Waals surface area contributed by atoms with Gasteiger partial charge in [-0.05, 0) is 0 Å². The summed E-state index contributed by atoms with van der Waals surface area (Å²) in [5.74, 6) is -0.213. The van der Waals surface area contributed by atoms with Gasteiger partial charge < -0.3 is 15.1 Å². The van der Waals surface area contributed by atoms with Gasteiger partial charge in [-0.3, -0.25) is 0 Å². The van der Waals surface area contributed by atoms with Gasteiger partial charge in [-0.25, -0.2) is 9.78 Å². The summed E-state index contributed by atoms with van der Waals surface area (Å²) < 4.78 is 4.11. The van der Waals surface area contributed by atoms with Gasteiger partial charge in [-0.1, -0.05) is 6.92 Å². The molecule has 0 aliphatic carbocycles. The topological polar surface area (TPSA) is 86.5 Å². The summed E-state index contributed by atoms with van der Waals surface area (Å²) in [7, 11) is 0. The van der Waals surface area contributed by atoms with E-state index in [4.69, 9.17) is 5.11 Å². The van der Waals surface area contributed by atoms with Crippen molar-refractivity contribution < 1.29 is 15.0 Å². The normalized spacial score (nSPS) is 25.0. The molecule has 1 aromatic heterocycles. The Morgan fingerprint density at radius 2 is 2.44 bits per heavy atom. The molecule has 6 nitrogen and oxygen atoms in total. The molecule has 2 N–H and O–H groups in total. The molecule has 88 valence electrons. The van der Waals surface area contributed by atoms with Gasteiger partial charge >= 0.3 is 5.97 Å². The molecule has 1 saturated heterocycles. The number of aliphatic carboxylic acids is 1. The van der Waals surface area contributed by atoms with Gasteiger partial charge in [0.2, 0.25) is 5.13 Å². The van der Waals surface area contributed by atoms with Crippen LogP contribution in [0.1, 0.15) is 19.2 Å². The zero-order chi connectivity index (χ0) is 11.7. The molecule has 0 bridgehead atoms. The van der Waals surface area contributed by atoms with Gasteiger partial charge in [0.25, 0.3) is 0 Å². The number of hydrogen-bond acceptors (Lipinski definition) is 6. The minimum absolute atomic E-state index is 0.246. The number of aryl methyl sites for hydroxylation is 1. The summed E-state index contributed by atoms with van der Waals surface area (Å²) in [6.07, 6.45) is 0.371. The van der Waals surface area contributed by atoms with Crippen LogP contribution in [0.25, 0.3) is 0 Å². The van der Waals surface area contributed by atoms with Gasteiger partial charge in [-0.2, -0.15) is 4.37 Å². The van der Waals surface area contributed by atoms with Crippen LogP contribution in [0.3, 0.4) is 0 Å². The Labute approximate surface area is 96.7 Å². The summed E-state index contributed by atoms with van der Waals surface area (Å²) >= 11 is 1.18. The van der Waals surface area contributed by atoms with Crippen molar-refractivity contribution in [3.8, 4) is 0 Å². The van der Waals surface area contributed by atoms with E-state index in [0.717, 1.165) is 6.42 Å². The number of hydrogen-bond donors (Lipinski definition) is 2. The van der Waals surface area contributed by atoms with Crippen LogP contribution in [0.4, 0.5) is 5.13 Å². The van der Waals surface area contributed by atoms with Gasteiger partial charge in [0.1, 0.15) is 11.9 Å². The second kappa shape index (κ2) is 4.34. The van der Waals surface area contributed by atoms with Crippen LogP contribution in [0.2, 0.25) is 0 Å². The van der Waals surface area contributed by atoms with E-state index >= 15 is 0 Å². The quantitative estimate of drug-likeness (QED) is 0.784. The predicted molar refractivity (Wildman–Crippen MR) is 58.7 cm³/mol. The van der Waals surface area contributed by atoms with Crippen LogP contribution in [0.5, 0.6) is 0 Å². The molecule has 16 heavy (non-hydrogen) atoms. The number of aliphatic hydroxyl groups excluding tert-OH is 1. The molecular weight excluding hydrogens is 230 g/mol. The molecule has 1 aromatic rings. The molecular formula is C9H13N3O3S. The summed E-state index contributed by atoms with van der Waals surface area (Å²) in [5.41, 5.74) is 0. The fourth-order valence-electron chi connectivity index (χ4n) is 1.76. The number of carboxylic acid groups (broad SMARTS) is 1. The third kappa shape index (κ3) is 2.00. The Hall–Kier alpha value is -1.21. The van der Waals surface area contributed by atoms with Gasteiger partial charge in [0.05, 0.1) is 6.10 Å². The van der Waals surface area contributed by atoms with E-state index in [9.17, 15) is 9.90 Å². The standard InChI is InChI=1S/C9H13N3O3S/c1-2-7-10-9(16-11-7)12-4-5(13)3-6(12)8(14)15/h5-6,13H,2-4H2,1H3,(H,14,15). The molecule has 0 spiro atoms. The van der Waals surface area contributed by atoms with Crippen molar-refractivity contribution in [1.82, 2.24) is 9.36 Å². The molecule has 2 heterocycles. The predicted octanol–water partition coefficient (Wildman–Crippen LogP) is 0.125. The largest absolute Gasteiger partial charge is 0.480 e. The van der Waals surface area contributed by atoms with E-state index in [1.165, 1.54) is 11.5 Å². The van der Waals surface area contributed by atoms with Crippen molar-refractivity contribution in [2.24, 2.45) is 0 Å². The Kier molecular flexibility index (Phi) is 3.06. The first-order valence-electron chi connectivity index (χ1n) is 5.12. The maximum atomic E-state index is 11.0. The highest BCUT2D eigenvalue weighted by Crippen LogP contribution is 2.27. The lowest BCUT2D eigenvalue weighted by atomic mass is 10.2. The average molecular weight is 243 g/mol. The van der Waals surface area contributed by atoms with Crippen LogP contribution >= 0.6 is 11.5 Å². The van der Waals surface area contributed by atoms with Crippen LogP contribution in [-0.2, 0) is 11.2 Å². The fourth-order valence-corrected chi connectivity index (χ4v) is 2.57. The van der Waals surface area contributed by atoms with Crippen LogP contribution in [-0.4, -0.2) is 44.2 Å². The Morgan fingerprint density at radius 1 is 1.69 bits per heavy atom. The number of carboxylic acids is 1. The summed E-state index contributed by atoms with van der Waals surface area (Å²) in [5, 5.41) is 19.1. The van der Waals surface area contributed by atoms with Crippen molar-refractivity contribution in [2.75, 3.05) is 11.4 Å². The van der Waals surface area contributed by atoms with E-state index in [1.54, 1.807) is 4.90 Å². The molecule has 1 aliphatic heterocycles. The first-order chi connectivity index (χ1) is 7.61. The van der Waals surface area contributed by atoms with Crippen molar-refractivity contribution in [2.45, 2.75) is 31.9 Å². The highest BCUT2D eigenvalue weighted by atomic mass is 32.1. The van der Waals surface area contributed by atoms with Gasteiger partial charge in [-0.15, -0.1) is 0 Å². The Bertz CT molecular complexity index is 395. The molecule has 0 amide bonds. The van der Waals surface area contributed by atoms with Crippen molar-refractivity contribution in [3.05, 3.63) is 5.82 Å². The van der Waals surface area contributed by atoms with E-state index in [1.807, 2.05) is 6.92 Å². The summed E-state index contributed by atoms with van der Waals surface area (Å²) in [6, 6.07) is -0.687. The fraction of sp³-hybridized carbons (Fsp3) is 0.667. The minimum Gasteiger partial charge on any atom is -0.480 e. The molecule has 2 atom stereocenters. The summed E-state index contributed by atoms with van der Waals surface area (Å²) in [4.78, 5) is 16.9. The maximum Gasteiger partial charge on any atom is 0.326 e. The van der Waals surface area contributed by atoms with Gasteiger partial charge in [0.15, 0.2) is 0 Å². The monoisotopic (exact) mass is 243 g/mol. The van der Waals surface area contributed by atoms with Gasteiger partial charge in [0, 0.05) is 30.9 Å². The lowest BCUT2D eigenvalue weighted by Crippen LogP contribution is -2.35. The first kappa shape index (κ1) is 11.3. The Balaban J connectivity index is 2.21. The van der Waals surface area contributed by atoms with E-state index in [-0.39, 0.29) is 6.42 Å². The van der Waals surface area contributed by atoms with E-state index < -0.39 is 18.1 Å². The first-order valence-corrected chi connectivity index (χ1v) is 5.89. The highest BCUT2D eigenvalue weighted by Gasteiger charge is 2.37.